The Morgan fingerprint density at radius 3 is 2.60 bits per heavy atom. The third-order valence-electron chi connectivity index (χ3n) is 2.98. The Hall–Kier alpha value is -1.76. The lowest BCUT2D eigenvalue weighted by atomic mass is 10.2. The van der Waals surface area contributed by atoms with E-state index in [2.05, 4.69) is 10.6 Å². The van der Waals surface area contributed by atoms with Crippen LogP contribution in [0.25, 0.3) is 0 Å². The van der Waals surface area contributed by atoms with Crippen molar-refractivity contribution in [3.8, 4) is 5.75 Å². The number of rotatable bonds is 4. The molecule has 20 heavy (non-hydrogen) atoms. The van der Waals surface area contributed by atoms with Gasteiger partial charge in [0.25, 0.3) is 5.91 Å². The van der Waals surface area contributed by atoms with Crippen molar-refractivity contribution in [1.29, 1.82) is 0 Å². The number of carbonyl (C=O) groups excluding carboxylic acids is 1. The van der Waals surface area contributed by atoms with Crippen molar-refractivity contribution < 1.29 is 22.7 Å². The Balaban J connectivity index is 1.80. The van der Waals surface area contributed by atoms with Crippen LogP contribution < -0.4 is 15.4 Å². The van der Waals surface area contributed by atoms with Crippen LogP contribution in [0.15, 0.2) is 24.3 Å². The van der Waals surface area contributed by atoms with Crippen molar-refractivity contribution in [2.24, 2.45) is 0 Å². The van der Waals surface area contributed by atoms with E-state index in [4.69, 9.17) is 4.74 Å². The van der Waals surface area contributed by atoms with Gasteiger partial charge in [-0.25, -0.2) is 0 Å². The molecule has 0 aromatic heterocycles. The fraction of sp³-hybridized carbons (Fsp3) is 0.462. The van der Waals surface area contributed by atoms with E-state index in [9.17, 15) is 18.0 Å². The molecule has 7 heteroatoms. The van der Waals surface area contributed by atoms with Gasteiger partial charge in [-0.3, -0.25) is 4.79 Å². The van der Waals surface area contributed by atoms with Crippen LogP contribution in [0, 0.1) is 0 Å². The average molecular weight is 288 g/mol. The van der Waals surface area contributed by atoms with Gasteiger partial charge in [-0.05, 0) is 37.2 Å². The summed E-state index contributed by atoms with van der Waals surface area (Å²) < 4.78 is 42.2. The van der Waals surface area contributed by atoms with E-state index in [0.29, 0.717) is 0 Å². The molecular formula is C13H15F3N2O2. The van der Waals surface area contributed by atoms with E-state index >= 15 is 0 Å². The van der Waals surface area contributed by atoms with Gasteiger partial charge in [0, 0.05) is 12.6 Å². The highest BCUT2D eigenvalue weighted by atomic mass is 19.4. The Morgan fingerprint density at radius 2 is 2.05 bits per heavy atom. The first-order chi connectivity index (χ1) is 9.45. The minimum absolute atomic E-state index is 0.0960. The lowest BCUT2D eigenvalue weighted by Crippen LogP contribution is -2.39. The molecule has 0 saturated carbocycles. The lowest BCUT2D eigenvalue weighted by molar-refractivity contribution is -0.137. The summed E-state index contributed by atoms with van der Waals surface area (Å²) in [5.74, 6) is -0.0451. The monoisotopic (exact) mass is 288 g/mol. The number of ether oxygens (including phenoxy) is 1. The third kappa shape index (κ3) is 4.12. The Kier molecular flexibility index (Phi) is 4.49. The zero-order chi connectivity index (χ0) is 14.6. The minimum Gasteiger partial charge on any atom is -0.484 e. The Morgan fingerprint density at radius 1 is 1.35 bits per heavy atom. The number of hydrogen-bond donors (Lipinski definition) is 2. The summed E-state index contributed by atoms with van der Waals surface area (Å²) in [6.07, 6.45) is -3.50. The van der Waals surface area contributed by atoms with E-state index in [1.807, 2.05) is 0 Å². The summed E-state index contributed by atoms with van der Waals surface area (Å²) in [7, 11) is 0. The zero-order valence-electron chi connectivity index (χ0n) is 10.7. The van der Waals surface area contributed by atoms with E-state index in [0.717, 1.165) is 31.6 Å². The van der Waals surface area contributed by atoms with Crippen LogP contribution >= 0.6 is 0 Å². The normalized spacial score (nSPS) is 18.9. The quantitative estimate of drug-likeness (QED) is 0.884. The number of benzene rings is 1. The molecule has 1 saturated heterocycles. The second-order valence-corrected chi connectivity index (χ2v) is 4.57. The van der Waals surface area contributed by atoms with Gasteiger partial charge in [0.05, 0.1) is 5.56 Å². The van der Waals surface area contributed by atoms with E-state index in [1.165, 1.54) is 12.1 Å². The predicted molar refractivity (Wildman–Crippen MR) is 66.4 cm³/mol. The topological polar surface area (TPSA) is 50.4 Å². The highest BCUT2D eigenvalue weighted by Gasteiger charge is 2.30. The molecule has 0 spiro atoms. The van der Waals surface area contributed by atoms with E-state index in [1.54, 1.807) is 0 Å². The van der Waals surface area contributed by atoms with Crippen LogP contribution in [0.1, 0.15) is 12.0 Å². The third-order valence-corrected chi connectivity index (χ3v) is 2.98. The van der Waals surface area contributed by atoms with Crippen molar-refractivity contribution in [1.82, 2.24) is 10.6 Å². The molecule has 1 aliphatic rings. The summed E-state index contributed by atoms with van der Waals surface area (Å²) in [5, 5.41) is 5.89. The largest absolute Gasteiger partial charge is 0.484 e. The number of carbonyl (C=O) groups is 1. The van der Waals surface area contributed by atoms with Crippen molar-refractivity contribution in [3.05, 3.63) is 29.8 Å². The lowest BCUT2D eigenvalue weighted by Gasteiger charge is -2.12. The molecule has 1 aliphatic heterocycles. The molecule has 0 radical (unpaired) electrons. The van der Waals surface area contributed by atoms with Crippen molar-refractivity contribution in [2.45, 2.75) is 18.6 Å². The van der Waals surface area contributed by atoms with Gasteiger partial charge in [-0.1, -0.05) is 0 Å². The van der Waals surface area contributed by atoms with Crippen LogP contribution in [0.2, 0.25) is 0 Å². The Labute approximate surface area is 114 Å². The molecule has 0 bridgehead atoms. The molecular weight excluding hydrogens is 273 g/mol. The summed E-state index contributed by atoms with van der Waals surface area (Å²) in [5.41, 5.74) is -0.744. The predicted octanol–water partition coefficient (Wildman–Crippen LogP) is 1.56. The molecule has 1 amide bonds. The molecule has 110 valence electrons. The minimum atomic E-state index is -4.37. The maximum absolute atomic E-state index is 12.4. The standard InChI is InChI=1S/C13H15F3N2O2/c14-13(15,16)9-1-3-11(4-2-9)20-8-12(19)18-10-5-6-17-7-10/h1-4,10,17H,5-8H2,(H,18,19). The fourth-order valence-electron chi connectivity index (χ4n) is 1.94. The summed E-state index contributed by atoms with van der Waals surface area (Å²) in [6.45, 7) is 1.39. The highest BCUT2D eigenvalue weighted by molar-refractivity contribution is 5.77. The second kappa shape index (κ2) is 6.13. The number of hydrogen-bond acceptors (Lipinski definition) is 3. The van der Waals surface area contributed by atoms with Gasteiger partial charge in [-0.2, -0.15) is 13.2 Å². The summed E-state index contributed by atoms with van der Waals surface area (Å²) in [4.78, 5) is 11.6. The van der Waals surface area contributed by atoms with Gasteiger partial charge in [0.15, 0.2) is 6.61 Å². The first-order valence-corrected chi connectivity index (χ1v) is 6.25. The summed E-state index contributed by atoms with van der Waals surface area (Å²) >= 11 is 0. The SMILES string of the molecule is O=C(COc1ccc(C(F)(F)F)cc1)NC1CCNC1. The average Bonchev–Trinajstić information content (AvgIpc) is 2.88. The first kappa shape index (κ1) is 14.6. The molecule has 1 atom stereocenters. The van der Waals surface area contributed by atoms with Crippen LogP contribution in [0.3, 0.4) is 0 Å². The molecule has 1 aromatic carbocycles. The first-order valence-electron chi connectivity index (χ1n) is 6.25. The van der Waals surface area contributed by atoms with Crippen molar-refractivity contribution >= 4 is 5.91 Å². The van der Waals surface area contributed by atoms with Gasteiger partial charge >= 0.3 is 6.18 Å². The fourth-order valence-corrected chi connectivity index (χ4v) is 1.94. The van der Waals surface area contributed by atoms with Crippen molar-refractivity contribution in [3.63, 3.8) is 0 Å². The van der Waals surface area contributed by atoms with Crippen molar-refractivity contribution in [2.75, 3.05) is 19.7 Å². The highest BCUT2D eigenvalue weighted by Crippen LogP contribution is 2.30. The molecule has 4 nitrogen and oxygen atoms in total. The molecule has 2 rings (SSSR count). The number of halogens is 3. The van der Waals surface area contributed by atoms with Crippen LogP contribution in [-0.4, -0.2) is 31.6 Å². The van der Waals surface area contributed by atoms with Gasteiger partial charge in [0.2, 0.25) is 0 Å². The smallest absolute Gasteiger partial charge is 0.416 e. The number of alkyl halides is 3. The van der Waals surface area contributed by atoms with Gasteiger partial charge in [-0.15, -0.1) is 0 Å². The second-order valence-electron chi connectivity index (χ2n) is 4.57. The van der Waals surface area contributed by atoms with Gasteiger partial charge in [0.1, 0.15) is 5.75 Å². The van der Waals surface area contributed by atoms with Gasteiger partial charge < -0.3 is 15.4 Å². The molecule has 1 unspecified atom stereocenters. The molecule has 1 fully saturated rings. The number of amides is 1. The summed E-state index contributed by atoms with van der Waals surface area (Å²) in [6, 6.07) is 4.35. The molecule has 1 aromatic rings. The van der Waals surface area contributed by atoms with Crippen LogP contribution in [0.4, 0.5) is 13.2 Å². The molecule has 2 N–H and O–H groups in total. The molecule has 1 heterocycles. The Bertz CT molecular complexity index is 454. The number of nitrogens with one attached hydrogen (secondary N) is 2. The van der Waals surface area contributed by atoms with E-state index in [-0.39, 0.29) is 24.3 Å². The maximum Gasteiger partial charge on any atom is 0.416 e. The van der Waals surface area contributed by atoms with Crippen LogP contribution in [0.5, 0.6) is 5.75 Å². The zero-order valence-corrected chi connectivity index (χ0v) is 10.7. The molecule has 0 aliphatic carbocycles. The van der Waals surface area contributed by atoms with Crippen LogP contribution in [-0.2, 0) is 11.0 Å². The maximum atomic E-state index is 12.4. The van der Waals surface area contributed by atoms with E-state index < -0.39 is 11.7 Å².